The van der Waals surface area contributed by atoms with Gasteiger partial charge in [-0.15, -0.1) is 12.4 Å². The minimum atomic E-state index is -1.17. The molecule has 0 saturated carbocycles. The number of benzene rings is 2. The number of carbonyl (C=O) groups is 1. The third kappa shape index (κ3) is 4.98. The molecule has 2 fully saturated rings. The zero-order chi connectivity index (χ0) is 24.8. The molecule has 2 saturated heterocycles. The van der Waals surface area contributed by atoms with E-state index >= 15 is 0 Å². The van der Waals surface area contributed by atoms with Crippen molar-refractivity contribution in [3.05, 3.63) is 71.3 Å². The topological polar surface area (TPSA) is 43.8 Å². The van der Waals surface area contributed by atoms with Crippen molar-refractivity contribution in [2.75, 3.05) is 19.6 Å². The summed E-state index contributed by atoms with van der Waals surface area (Å²) in [5, 5.41) is 11.9. The average Bonchev–Trinajstić information content (AvgIpc) is 3.23. The number of likely N-dealkylation sites (tertiary alicyclic amines) is 2. The normalized spacial score (nSPS) is 29.7. The Morgan fingerprint density at radius 1 is 1.06 bits per heavy atom. The third-order valence-corrected chi connectivity index (χ3v) is 8.13. The van der Waals surface area contributed by atoms with Crippen LogP contribution in [0.3, 0.4) is 0 Å². The summed E-state index contributed by atoms with van der Waals surface area (Å²) >= 11 is 0. The van der Waals surface area contributed by atoms with E-state index in [-0.39, 0.29) is 35.7 Å². The second-order valence-corrected chi connectivity index (χ2v) is 11.0. The third-order valence-electron chi connectivity index (χ3n) is 8.13. The Labute approximate surface area is 213 Å². The standard InChI is InChI=1S/C28H36F2N2O2.ClH/c1-18-13-14-32(19(2)28(18,34)20-9-7-6-8-10-20)26(33)24-17-31(27(3,4)5)16-23(24)22-12-11-21(29)15-25(22)30;/h6-12,15,18-19,23-24,34H,13-14,16-17H2,1-5H3;1H/t18-,19-,23-,24+,28-;/m0./s1. The molecule has 35 heavy (non-hydrogen) atoms. The van der Waals surface area contributed by atoms with Crippen LogP contribution >= 0.6 is 12.4 Å². The number of rotatable bonds is 3. The quantitative estimate of drug-likeness (QED) is 0.610. The molecule has 192 valence electrons. The van der Waals surface area contributed by atoms with Crippen molar-refractivity contribution in [2.45, 2.75) is 64.1 Å². The zero-order valence-corrected chi connectivity index (χ0v) is 22.0. The van der Waals surface area contributed by atoms with Gasteiger partial charge >= 0.3 is 0 Å². The first kappa shape index (κ1) is 27.6. The van der Waals surface area contributed by atoms with Crippen molar-refractivity contribution in [3.8, 4) is 0 Å². The van der Waals surface area contributed by atoms with Crippen molar-refractivity contribution in [3.63, 3.8) is 0 Å². The van der Waals surface area contributed by atoms with Gasteiger partial charge in [0.2, 0.25) is 5.91 Å². The molecule has 4 rings (SSSR count). The van der Waals surface area contributed by atoms with Crippen molar-refractivity contribution >= 4 is 18.3 Å². The average molecular weight is 507 g/mol. The first-order valence-electron chi connectivity index (χ1n) is 12.2. The summed E-state index contributed by atoms with van der Waals surface area (Å²) in [6.07, 6.45) is 0.673. The van der Waals surface area contributed by atoms with E-state index in [2.05, 4.69) is 25.7 Å². The molecule has 0 unspecified atom stereocenters. The fraction of sp³-hybridized carbons (Fsp3) is 0.536. The monoisotopic (exact) mass is 506 g/mol. The van der Waals surface area contributed by atoms with Crippen LogP contribution in [0.5, 0.6) is 0 Å². The van der Waals surface area contributed by atoms with Crippen molar-refractivity contribution in [2.24, 2.45) is 11.8 Å². The first-order valence-corrected chi connectivity index (χ1v) is 12.2. The minimum Gasteiger partial charge on any atom is -0.383 e. The van der Waals surface area contributed by atoms with E-state index in [9.17, 15) is 18.7 Å². The molecule has 0 bridgehead atoms. The largest absolute Gasteiger partial charge is 0.383 e. The molecule has 0 aromatic heterocycles. The maximum Gasteiger partial charge on any atom is 0.228 e. The molecule has 2 aliphatic heterocycles. The van der Waals surface area contributed by atoms with Crippen LogP contribution < -0.4 is 0 Å². The van der Waals surface area contributed by atoms with E-state index in [1.165, 1.54) is 12.1 Å². The van der Waals surface area contributed by atoms with Gasteiger partial charge < -0.3 is 10.0 Å². The number of halogens is 3. The molecule has 7 heteroatoms. The predicted molar refractivity (Wildman–Crippen MR) is 136 cm³/mol. The van der Waals surface area contributed by atoms with Gasteiger partial charge in [0.25, 0.3) is 0 Å². The number of hydrogen-bond acceptors (Lipinski definition) is 3. The van der Waals surface area contributed by atoms with Crippen molar-refractivity contribution in [1.29, 1.82) is 0 Å². The summed E-state index contributed by atoms with van der Waals surface area (Å²) in [5.74, 6) is -2.19. The second kappa shape index (κ2) is 10.2. The Balaban J connectivity index is 0.00000342. The summed E-state index contributed by atoms with van der Waals surface area (Å²) in [4.78, 5) is 18.1. The van der Waals surface area contributed by atoms with Gasteiger partial charge in [0.1, 0.15) is 17.2 Å². The Morgan fingerprint density at radius 3 is 2.31 bits per heavy atom. The van der Waals surface area contributed by atoms with Gasteiger partial charge in [0.05, 0.1) is 12.0 Å². The van der Waals surface area contributed by atoms with E-state index in [4.69, 9.17) is 0 Å². The maximum atomic E-state index is 14.9. The molecule has 5 atom stereocenters. The van der Waals surface area contributed by atoms with Gasteiger partial charge in [0, 0.05) is 37.2 Å². The van der Waals surface area contributed by atoms with Gasteiger partial charge in [-0.1, -0.05) is 43.3 Å². The van der Waals surface area contributed by atoms with Gasteiger partial charge in [-0.2, -0.15) is 0 Å². The Bertz CT molecular complexity index is 1040. The molecule has 2 aliphatic rings. The van der Waals surface area contributed by atoms with Crippen LogP contribution in [0.2, 0.25) is 0 Å². The summed E-state index contributed by atoms with van der Waals surface area (Å²) in [6.45, 7) is 11.7. The highest BCUT2D eigenvalue weighted by atomic mass is 35.5. The molecular formula is C28H37ClF2N2O2. The van der Waals surface area contributed by atoms with E-state index in [0.29, 0.717) is 31.6 Å². The number of aliphatic hydroxyl groups is 1. The predicted octanol–water partition coefficient (Wildman–Crippen LogP) is 5.35. The van der Waals surface area contributed by atoms with E-state index < -0.39 is 29.2 Å². The lowest BCUT2D eigenvalue weighted by molar-refractivity contribution is -0.159. The van der Waals surface area contributed by atoms with Gasteiger partial charge in [-0.05, 0) is 57.2 Å². The molecule has 0 radical (unpaired) electrons. The van der Waals surface area contributed by atoms with Crippen LogP contribution in [0, 0.1) is 23.5 Å². The second-order valence-electron chi connectivity index (χ2n) is 11.0. The van der Waals surface area contributed by atoms with E-state index in [0.717, 1.165) is 11.6 Å². The number of nitrogens with zero attached hydrogens (tertiary/aromatic N) is 2. The highest BCUT2D eigenvalue weighted by Crippen LogP contribution is 2.44. The van der Waals surface area contributed by atoms with E-state index in [1.54, 1.807) is 4.90 Å². The number of piperidine rings is 1. The number of carbonyl (C=O) groups excluding carboxylic acids is 1. The van der Waals surface area contributed by atoms with Crippen molar-refractivity contribution < 1.29 is 18.7 Å². The van der Waals surface area contributed by atoms with Gasteiger partial charge in [0.15, 0.2) is 0 Å². The molecule has 2 heterocycles. The summed E-state index contributed by atoms with van der Waals surface area (Å²) in [7, 11) is 0. The Hall–Kier alpha value is -2.02. The molecule has 0 aliphatic carbocycles. The fourth-order valence-corrected chi connectivity index (χ4v) is 5.86. The van der Waals surface area contributed by atoms with Crippen LogP contribution in [0.4, 0.5) is 8.78 Å². The highest BCUT2D eigenvalue weighted by molar-refractivity contribution is 5.85. The van der Waals surface area contributed by atoms with Crippen molar-refractivity contribution in [1.82, 2.24) is 9.80 Å². The lowest BCUT2D eigenvalue weighted by atomic mass is 9.72. The summed E-state index contributed by atoms with van der Waals surface area (Å²) in [6, 6.07) is 12.7. The highest BCUT2D eigenvalue weighted by Gasteiger charge is 2.51. The molecule has 1 amide bonds. The number of hydrogen-bond donors (Lipinski definition) is 1. The van der Waals surface area contributed by atoms with E-state index in [1.807, 2.05) is 44.2 Å². The zero-order valence-electron chi connectivity index (χ0n) is 21.2. The molecule has 2 aromatic rings. The van der Waals surface area contributed by atoms with Crippen LogP contribution in [-0.2, 0) is 10.4 Å². The summed E-state index contributed by atoms with van der Waals surface area (Å²) in [5.41, 5.74) is -0.191. The molecule has 1 N–H and O–H groups in total. The lowest BCUT2D eigenvalue weighted by Gasteiger charge is -2.50. The fourth-order valence-electron chi connectivity index (χ4n) is 5.86. The minimum absolute atomic E-state index is 0. The molecular weight excluding hydrogens is 470 g/mol. The van der Waals surface area contributed by atoms with Crippen LogP contribution in [0.15, 0.2) is 48.5 Å². The smallest absolute Gasteiger partial charge is 0.228 e. The SMILES string of the molecule is C[C@@H]1N(C(=O)[C@@H]2CN(C(C)(C)C)C[C@H]2c2ccc(F)cc2F)CC[C@H](C)[C@@]1(O)c1ccccc1.Cl. The first-order chi connectivity index (χ1) is 15.9. The Morgan fingerprint density at radius 2 is 1.71 bits per heavy atom. The Kier molecular flexibility index (Phi) is 8.00. The summed E-state index contributed by atoms with van der Waals surface area (Å²) < 4.78 is 28.5. The molecule has 2 aromatic carbocycles. The lowest BCUT2D eigenvalue weighted by Crippen LogP contribution is -2.60. The maximum absolute atomic E-state index is 14.9. The van der Waals surface area contributed by atoms with Crippen LogP contribution in [0.1, 0.15) is 58.1 Å². The van der Waals surface area contributed by atoms with Crippen LogP contribution in [0.25, 0.3) is 0 Å². The van der Waals surface area contributed by atoms with Crippen LogP contribution in [-0.4, -0.2) is 52.0 Å². The molecule has 4 nitrogen and oxygen atoms in total. The molecule has 0 spiro atoms. The van der Waals surface area contributed by atoms with Gasteiger partial charge in [-0.25, -0.2) is 8.78 Å². The number of amides is 1. The van der Waals surface area contributed by atoms with Gasteiger partial charge in [-0.3, -0.25) is 9.69 Å².